The first-order valence-electron chi connectivity index (χ1n) is 9.24. The molecule has 1 saturated heterocycles. The van der Waals surface area contributed by atoms with Gasteiger partial charge in [-0.25, -0.2) is 0 Å². The van der Waals surface area contributed by atoms with Crippen LogP contribution in [0.4, 0.5) is 0 Å². The predicted molar refractivity (Wildman–Crippen MR) is 98.3 cm³/mol. The second-order valence-corrected chi connectivity index (χ2v) is 6.96. The van der Waals surface area contributed by atoms with Crippen LogP contribution in [0, 0.1) is 0 Å². The Morgan fingerprint density at radius 3 is 2.92 bits per heavy atom. The molecule has 0 aliphatic carbocycles. The number of nitrogens with one attached hydrogen (secondary N) is 2. The summed E-state index contributed by atoms with van der Waals surface area (Å²) in [5.74, 6) is 2.03. The first kappa shape index (κ1) is 18.8. The molecule has 2 rings (SSSR count). The number of rotatable bonds is 7. The summed E-state index contributed by atoms with van der Waals surface area (Å²) in [5, 5.41) is 10.7. The van der Waals surface area contributed by atoms with Crippen LogP contribution in [0.3, 0.4) is 0 Å². The molecule has 2 heterocycles. The van der Waals surface area contributed by atoms with E-state index in [9.17, 15) is 0 Å². The van der Waals surface area contributed by atoms with Crippen molar-refractivity contribution in [2.24, 2.45) is 4.99 Å². The van der Waals surface area contributed by atoms with Crippen molar-refractivity contribution in [3.63, 3.8) is 0 Å². The van der Waals surface area contributed by atoms with Gasteiger partial charge in [-0.2, -0.15) is 0 Å². The van der Waals surface area contributed by atoms with Crippen molar-refractivity contribution in [1.29, 1.82) is 0 Å². The number of hydrogen-bond acceptors (Lipinski definition) is 4. The van der Waals surface area contributed by atoms with Gasteiger partial charge in [0.15, 0.2) is 11.7 Å². The molecule has 6 heteroatoms. The van der Waals surface area contributed by atoms with Gasteiger partial charge in [0.2, 0.25) is 0 Å². The summed E-state index contributed by atoms with van der Waals surface area (Å²) < 4.78 is 5.34. The Morgan fingerprint density at radius 1 is 1.42 bits per heavy atom. The van der Waals surface area contributed by atoms with Crippen LogP contribution in [0.15, 0.2) is 15.6 Å². The average molecular weight is 335 g/mol. The van der Waals surface area contributed by atoms with Crippen LogP contribution in [0.25, 0.3) is 0 Å². The van der Waals surface area contributed by atoms with E-state index in [2.05, 4.69) is 46.5 Å². The molecule has 2 N–H and O–H groups in total. The third-order valence-corrected chi connectivity index (χ3v) is 4.68. The van der Waals surface area contributed by atoms with Crippen LogP contribution in [0.2, 0.25) is 0 Å². The lowest BCUT2D eigenvalue weighted by Crippen LogP contribution is -2.41. The minimum absolute atomic E-state index is 0.386. The number of nitrogens with zero attached hydrogens (tertiary/aromatic N) is 3. The number of aromatic nitrogens is 1. The van der Waals surface area contributed by atoms with Crippen molar-refractivity contribution in [2.45, 2.75) is 65.0 Å². The van der Waals surface area contributed by atoms with Crippen molar-refractivity contribution in [3.8, 4) is 0 Å². The van der Waals surface area contributed by atoms with E-state index < -0.39 is 0 Å². The van der Waals surface area contributed by atoms with Crippen LogP contribution in [0.1, 0.15) is 63.8 Å². The maximum atomic E-state index is 5.34. The molecule has 136 valence electrons. The quantitative estimate of drug-likeness (QED) is 0.456. The molecule has 1 fully saturated rings. The van der Waals surface area contributed by atoms with Gasteiger partial charge in [-0.1, -0.05) is 25.4 Å². The van der Waals surface area contributed by atoms with Gasteiger partial charge in [0.05, 0.1) is 12.2 Å². The molecular weight excluding hydrogens is 302 g/mol. The Bertz CT molecular complexity index is 511. The van der Waals surface area contributed by atoms with E-state index >= 15 is 0 Å². The van der Waals surface area contributed by atoms with Gasteiger partial charge in [-0.05, 0) is 38.6 Å². The third-order valence-electron chi connectivity index (χ3n) is 4.68. The number of aliphatic imine (C=N–C) groups is 1. The van der Waals surface area contributed by atoms with E-state index in [-0.39, 0.29) is 0 Å². The van der Waals surface area contributed by atoms with Crippen LogP contribution in [-0.2, 0) is 6.54 Å². The summed E-state index contributed by atoms with van der Waals surface area (Å²) in [6, 6.07) is 2.74. The van der Waals surface area contributed by atoms with Crippen molar-refractivity contribution in [2.75, 3.05) is 26.7 Å². The van der Waals surface area contributed by atoms with Crippen molar-refractivity contribution >= 4 is 5.96 Å². The lowest BCUT2D eigenvalue weighted by Gasteiger charge is -2.33. The highest BCUT2D eigenvalue weighted by Crippen LogP contribution is 2.16. The van der Waals surface area contributed by atoms with Gasteiger partial charge >= 0.3 is 0 Å². The van der Waals surface area contributed by atoms with Crippen molar-refractivity contribution in [3.05, 3.63) is 17.5 Å². The highest BCUT2D eigenvalue weighted by Gasteiger charge is 2.17. The SMILES string of the molecule is CN=C(NCCCN1CCCCC1C)NCc1cc(C(C)C)no1. The van der Waals surface area contributed by atoms with Gasteiger partial charge in [-0.15, -0.1) is 0 Å². The Hall–Kier alpha value is -1.56. The summed E-state index contributed by atoms with van der Waals surface area (Å²) in [4.78, 5) is 6.86. The average Bonchev–Trinajstić information content (AvgIpc) is 3.05. The molecule has 6 nitrogen and oxygen atoms in total. The van der Waals surface area contributed by atoms with E-state index in [0.717, 1.165) is 43.0 Å². The molecule has 0 saturated carbocycles. The normalized spacial score (nSPS) is 19.7. The Labute approximate surface area is 146 Å². The fourth-order valence-electron chi connectivity index (χ4n) is 3.05. The number of piperidine rings is 1. The summed E-state index contributed by atoms with van der Waals surface area (Å²) in [5.41, 5.74) is 0.991. The van der Waals surface area contributed by atoms with Crippen molar-refractivity contribution in [1.82, 2.24) is 20.7 Å². The molecule has 1 atom stereocenters. The molecule has 0 radical (unpaired) electrons. The smallest absolute Gasteiger partial charge is 0.191 e. The highest BCUT2D eigenvalue weighted by molar-refractivity contribution is 5.79. The zero-order chi connectivity index (χ0) is 17.4. The topological polar surface area (TPSA) is 65.7 Å². The maximum Gasteiger partial charge on any atom is 0.191 e. The molecular formula is C18H33N5O. The van der Waals surface area contributed by atoms with Crippen LogP contribution < -0.4 is 10.6 Å². The standard InChI is InChI=1S/C18H33N5O/c1-14(2)17-12-16(24-22-17)13-21-18(19-4)20-9-7-11-23-10-6-5-8-15(23)3/h12,14-15H,5-11,13H2,1-4H3,(H2,19,20,21). The molecule has 24 heavy (non-hydrogen) atoms. The first-order valence-corrected chi connectivity index (χ1v) is 9.24. The zero-order valence-electron chi connectivity index (χ0n) is 15.6. The van der Waals surface area contributed by atoms with Crippen LogP contribution in [-0.4, -0.2) is 48.7 Å². The van der Waals surface area contributed by atoms with Crippen LogP contribution >= 0.6 is 0 Å². The molecule has 0 bridgehead atoms. The highest BCUT2D eigenvalue weighted by atomic mass is 16.5. The van der Waals surface area contributed by atoms with Gasteiger partial charge in [-0.3, -0.25) is 4.99 Å². The number of hydrogen-bond donors (Lipinski definition) is 2. The summed E-state index contributed by atoms with van der Waals surface area (Å²) in [7, 11) is 1.79. The van der Waals surface area contributed by atoms with E-state index in [4.69, 9.17) is 4.52 Å². The van der Waals surface area contributed by atoms with E-state index in [1.807, 2.05) is 6.07 Å². The predicted octanol–water partition coefficient (Wildman–Crippen LogP) is 2.73. The lowest BCUT2D eigenvalue weighted by atomic mass is 10.0. The second-order valence-electron chi connectivity index (χ2n) is 6.96. The Morgan fingerprint density at radius 2 is 2.25 bits per heavy atom. The Balaban J connectivity index is 1.65. The molecule has 1 aliphatic heterocycles. The fourth-order valence-corrected chi connectivity index (χ4v) is 3.05. The minimum Gasteiger partial charge on any atom is -0.359 e. The van der Waals surface area contributed by atoms with E-state index in [0.29, 0.717) is 12.5 Å². The van der Waals surface area contributed by atoms with Gasteiger partial charge in [0, 0.05) is 32.2 Å². The molecule has 0 spiro atoms. The fraction of sp³-hybridized carbons (Fsp3) is 0.778. The van der Waals surface area contributed by atoms with Gasteiger partial charge in [0.25, 0.3) is 0 Å². The van der Waals surface area contributed by atoms with Gasteiger partial charge < -0.3 is 20.1 Å². The second kappa shape index (κ2) is 9.67. The van der Waals surface area contributed by atoms with Crippen molar-refractivity contribution < 1.29 is 4.52 Å². The number of likely N-dealkylation sites (tertiary alicyclic amines) is 1. The molecule has 0 aromatic carbocycles. The Kier molecular flexibility index (Phi) is 7.56. The van der Waals surface area contributed by atoms with Gasteiger partial charge in [0.1, 0.15) is 0 Å². The lowest BCUT2D eigenvalue weighted by molar-refractivity contribution is 0.159. The first-order chi connectivity index (χ1) is 11.6. The van der Waals surface area contributed by atoms with E-state index in [1.54, 1.807) is 7.05 Å². The maximum absolute atomic E-state index is 5.34. The molecule has 1 aromatic rings. The summed E-state index contributed by atoms with van der Waals surface area (Å²) >= 11 is 0. The molecule has 1 aliphatic rings. The summed E-state index contributed by atoms with van der Waals surface area (Å²) in [6.07, 6.45) is 5.19. The van der Waals surface area contributed by atoms with Crippen LogP contribution in [0.5, 0.6) is 0 Å². The summed E-state index contributed by atoms with van der Waals surface area (Å²) in [6.45, 7) is 10.5. The number of guanidine groups is 1. The third kappa shape index (κ3) is 5.82. The van der Waals surface area contributed by atoms with E-state index in [1.165, 1.54) is 25.8 Å². The molecule has 1 unspecified atom stereocenters. The monoisotopic (exact) mass is 335 g/mol. The minimum atomic E-state index is 0.386. The largest absolute Gasteiger partial charge is 0.359 e. The zero-order valence-corrected chi connectivity index (χ0v) is 15.6. The molecule has 1 aromatic heterocycles. The molecule has 0 amide bonds.